The van der Waals surface area contributed by atoms with Gasteiger partial charge >= 0.3 is 0 Å². The summed E-state index contributed by atoms with van der Waals surface area (Å²) >= 11 is 1.60. The third kappa shape index (κ3) is 7.59. The first-order valence-corrected chi connectivity index (χ1v) is 15.9. The number of hydrogen-bond donors (Lipinski definition) is 2. The fourth-order valence-corrected chi connectivity index (χ4v) is 5.52. The second kappa shape index (κ2) is 14.0. The van der Waals surface area contributed by atoms with Crippen molar-refractivity contribution in [1.29, 1.82) is 0 Å². The molecule has 9 heteroatoms. The minimum Gasteiger partial charge on any atom is -0.349 e. The molecule has 224 valence electrons. The Kier molecular flexibility index (Phi) is 11.8. The summed E-state index contributed by atoms with van der Waals surface area (Å²) in [5.74, 6) is -0.825. The van der Waals surface area contributed by atoms with Gasteiger partial charge in [0, 0.05) is 12.0 Å². The van der Waals surface area contributed by atoms with Crippen molar-refractivity contribution >= 4 is 36.9 Å². The summed E-state index contributed by atoms with van der Waals surface area (Å²) in [6.45, 7) is 19.8. The van der Waals surface area contributed by atoms with Gasteiger partial charge in [0.05, 0.1) is 27.6 Å². The average molecular weight is 581 g/mol. The van der Waals surface area contributed by atoms with E-state index in [4.69, 9.17) is 7.85 Å². The molecule has 1 aliphatic carbocycles. The quantitative estimate of drug-likeness (QED) is 0.384. The normalized spacial score (nSPS) is 19.4. The van der Waals surface area contributed by atoms with Crippen LogP contribution in [0.5, 0.6) is 0 Å². The Morgan fingerprint density at radius 3 is 2.17 bits per heavy atom. The largest absolute Gasteiger partial charge is 0.349 e. The molecule has 2 radical (unpaired) electrons. The summed E-state index contributed by atoms with van der Waals surface area (Å²) in [6, 6.07) is 7.23. The number of hydrogen-bond acceptors (Lipinski definition) is 5. The lowest BCUT2D eigenvalue weighted by Gasteiger charge is -2.45. The number of thiazole rings is 1. The van der Waals surface area contributed by atoms with Crippen LogP contribution in [0.3, 0.4) is 0 Å². The van der Waals surface area contributed by atoms with Gasteiger partial charge in [0.15, 0.2) is 0 Å². The van der Waals surface area contributed by atoms with Gasteiger partial charge in [0.1, 0.15) is 13.9 Å². The van der Waals surface area contributed by atoms with Crippen LogP contribution < -0.4 is 10.6 Å². The Hall–Kier alpha value is -2.68. The standard InChI is InChI=1S/C28H37BN4O3S.2C2H6/c1-17(19-9-11-20(12-10-19)22-18(2)30-16-37-22)31-23(34)21-8-7-15-33(21)25(36)28(29,26(3,4)5)32-24(35)27(6)13-14-27;2*1-2/h9-12,16-17,21H,7-8,13-15H2,1-6H3,(H,31,34)(H,32,35);2*1-2H3/t17-,21?,28?;;/m0../s1. The van der Waals surface area contributed by atoms with Crippen LogP contribution in [0.1, 0.15) is 105 Å². The van der Waals surface area contributed by atoms with Crippen LogP contribution in [-0.4, -0.2) is 53.5 Å². The molecule has 1 saturated carbocycles. The number of aromatic nitrogens is 1. The minimum absolute atomic E-state index is 0.205. The molecule has 1 aromatic heterocycles. The van der Waals surface area contributed by atoms with Crippen molar-refractivity contribution in [2.45, 2.75) is 112 Å². The van der Waals surface area contributed by atoms with E-state index in [1.807, 2.05) is 99.0 Å². The van der Waals surface area contributed by atoms with Crippen molar-refractivity contribution < 1.29 is 14.4 Å². The minimum atomic E-state index is -1.62. The molecule has 1 saturated heterocycles. The van der Waals surface area contributed by atoms with Gasteiger partial charge in [-0.05, 0) is 56.1 Å². The van der Waals surface area contributed by atoms with Gasteiger partial charge in [-0.3, -0.25) is 14.4 Å². The van der Waals surface area contributed by atoms with E-state index in [1.54, 1.807) is 16.2 Å². The zero-order chi connectivity index (χ0) is 31.2. The Morgan fingerprint density at radius 2 is 1.68 bits per heavy atom. The summed E-state index contributed by atoms with van der Waals surface area (Å²) in [6.07, 6.45) is 2.82. The molecule has 2 aromatic rings. The molecule has 2 heterocycles. The number of likely N-dealkylation sites (tertiary alicyclic amines) is 1. The van der Waals surface area contributed by atoms with E-state index in [9.17, 15) is 14.4 Å². The van der Waals surface area contributed by atoms with Crippen LogP contribution in [0.2, 0.25) is 0 Å². The highest BCUT2D eigenvalue weighted by molar-refractivity contribution is 7.13. The Balaban J connectivity index is 0.00000141. The van der Waals surface area contributed by atoms with Crippen LogP contribution in [0.25, 0.3) is 10.4 Å². The van der Waals surface area contributed by atoms with E-state index in [2.05, 4.69) is 15.6 Å². The molecule has 2 unspecified atom stereocenters. The Bertz CT molecular complexity index is 1190. The van der Waals surface area contributed by atoms with Crippen molar-refractivity contribution in [2.24, 2.45) is 10.8 Å². The van der Waals surface area contributed by atoms with E-state index >= 15 is 0 Å². The predicted molar refractivity (Wildman–Crippen MR) is 170 cm³/mol. The van der Waals surface area contributed by atoms with Crippen molar-refractivity contribution in [3.05, 3.63) is 41.0 Å². The third-order valence-electron chi connectivity index (χ3n) is 7.97. The SMILES string of the molecule is CC.CC.[B]C(NC(=O)C1(C)CC1)(C(=O)N1CCCC1C(=O)N[C@@H](C)c1ccc(-c2scnc2C)cc1)C(C)(C)C. The number of nitrogens with zero attached hydrogens (tertiary/aromatic N) is 2. The van der Waals surface area contributed by atoms with Crippen molar-refractivity contribution in [1.82, 2.24) is 20.5 Å². The molecule has 1 aromatic carbocycles. The number of amides is 3. The molecule has 3 atom stereocenters. The first-order valence-electron chi connectivity index (χ1n) is 15.0. The summed E-state index contributed by atoms with van der Waals surface area (Å²) in [5.41, 5.74) is 2.07. The topological polar surface area (TPSA) is 91.4 Å². The van der Waals surface area contributed by atoms with Gasteiger partial charge in [-0.1, -0.05) is 79.7 Å². The molecule has 2 N–H and O–H groups in total. The van der Waals surface area contributed by atoms with E-state index in [-0.39, 0.29) is 17.9 Å². The van der Waals surface area contributed by atoms with Crippen LogP contribution in [-0.2, 0) is 14.4 Å². The molecule has 0 bridgehead atoms. The van der Waals surface area contributed by atoms with Crippen molar-refractivity contribution in [2.75, 3.05) is 6.54 Å². The smallest absolute Gasteiger partial charge is 0.243 e. The average Bonchev–Trinajstić information content (AvgIpc) is 3.32. The zero-order valence-electron chi connectivity index (χ0n) is 26.7. The number of carbonyl (C=O) groups is 3. The maximum absolute atomic E-state index is 13.8. The molecule has 4 rings (SSSR count). The maximum atomic E-state index is 13.8. The molecule has 7 nitrogen and oxygen atoms in total. The van der Waals surface area contributed by atoms with Gasteiger partial charge in [-0.25, -0.2) is 4.98 Å². The van der Waals surface area contributed by atoms with Crippen LogP contribution in [0.4, 0.5) is 0 Å². The molecule has 2 fully saturated rings. The van der Waals surface area contributed by atoms with Crippen molar-refractivity contribution in [3.63, 3.8) is 0 Å². The van der Waals surface area contributed by atoms with Crippen molar-refractivity contribution in [3.8, 4) is 10.4 Å². The first kappa shape index (κ1) is 34.5. The molecular formula is C32H49BN4O3S. The zero-order valence-corrected chi connectivity index (χ0v) is 27.5. The van der Waals surface area contributed by atoms with Gasteiger partial charge in [-0.2, -0.15) is 0 Å². The van der Waals surface area contributed by atoms with Crippen LogP contribution >= 0.6 is 11.3 Å². The first-order chi connectivity index (χ1) is 19.3. The number of nitrogens with one attached hydrogen (secondary N) is 2. The number of rotatable bonds is 7. The highest BCUT2D eigenvalue weighted by Gasteiger charge is 2.53. The number of aryl methyl sites for hydroxylation is 1. The maximum Gasteiger partial charge on any atom is 0.243 e. The van der Waals surface area contributed by atoms with E-state index in [1.165, 1.54) is 0 Å². The molecule has 1 aliphatic heterocycles. The van der Waals surface area contributed by atoms with Gasteiger partial charge in [0.25, 0.3) is 0 Å². The molecular weight excluding hydrogens is 531 g/mol. The number of benzene rings is 1. The van der Waals surface area contributed by atoms with E-state index in [0.717, 1.165) is 34.5 Å². The van der Waals surface area contributed by atoms with E-state index < -0.39 is 28.2 Å². The van der Waals surface area contributed by atoms with Gasteiger partial charge < -0.3 is 15.5 Å². The lowest BCUT2D eigenvalue weighted by Crippen LogP contribution is -2.68. The lowest BCUT2D eigenvalue weighted by molar-refractivity contribution is -0.146. The fourth-order valence-electron chi connectivity index (χ4n) is 4.71. The highest BCUT2D eigenvalue weighted by atomic mass is 32.1. The van der Waals surface area contributed by atoms with E-state index in [0.29, 0.717) is 19.4 Å². The van der Waals surface area contributed by atoms with Gasteiger partial charge in [-0.15, -0.1) is 11.3 Å². The highest BCUT2D eigenvalue weighted by Crippen LogP contribution is 2.46. The summed E-state index contributed by atoms with van der Waals surface area (Å²) in [4.78, 5) is 47.1. The van der Waals surface area contributed by atoms with Crippen LogP contribution in [0, 0.1) is 17.8 Å². The molecule has 0 spiro atoms. The Labute approximate surface area is 252 Å². The summed E-state index contributed by atoms with van der Waals surface area (Å²) in [5, 5.41) is 5.95. The van der Waals surface area contributed by atoms with Gasteiger partial charge in [0.2, 0.25) is 17.7 Å². The monoisotopic (exact) mass is 580 g/mol. The Morgan fingerprint density at radius 1 is 1.10 bits per heavy atom. The summed E-state index contributed by atoms with van der Waals surface area (Å²) < 4.78 is 0. The second-order valence-corrected chi connectivity index (χ2v) is 12.7. The molecule has 2 aliphatic rings. The molecule has 41 heavy (non-hydrogen) atoms. The third-order valence-corrected chi connectivity index (χ3v) is 8.95. The summed E-state index contributed by atoms with van der Waals surface area (Å²) in [7, 11) is 6.68. The second-order valence-electron chi connectivity index (χ2n) is 11.8. The fraction of sp³-hybridized carbons (Fsp3) is 0.625. The van der Waals surface area contributed by atoms with Crippen LogP contribution in [0.15, 0.2) is 29.8 Å². The number of carbonyl (C=O) groups excluding carboxylic acids is 3. The predicted octanol–water partition coefficient (Wildman–Crippen LogP) is 6.17. The lowest BCUT2D eigenvalue weighted by atomic mass is 9.59. The molecule has 3 amide bonds.